The summed E-state index contributed by atoms with van der Waals surface area (Å²) in [6.45, 7) is 0. The first-order chi connectivity index (χ1) is 13.3. The van der Waals surface area contributed by atoms with E-state index in [0.29, 0.717) is 22.8 Å². The van der Waals surface area contributed by atoms with Gasteiger partial charge in [0.15, 0.2) is 0 Å². The lowest BCUT2D eigenvalue weighted by Gasteiger charge is -2.13. The maximum absolute atomic E-state index is 12.6. The Labute approximate surface area is 160 Å². The summed E-state index contributed by atoms with van der Waals surface area (Å²) >= 11 is 0. The van der Waals surface area contributed by atoms with Gasteiger partial charge in [0.05, 0.1) is 6.42 Å². The van der Waals surface area contributed by atoms with Gasteiger partial charge in [-0.2, -0.15) is 13.2 Å². The molecule has 3 rings (SSSR count). The molecule has 1 saturated carbocycles. The maximum Gasteiger partial charge on any atom is 0.432 e. The van der Waals surface area contributed by atoms with E-state index in [1.165, 1.54) is 0 Å². The van der Waals surface area contributed by atoms with Crippen molar-refractivity contribution >= 4 is 23.0 Å². The molecule has 5 nitrogen and oxygen atoms in total. The third-order valence-corrected chi connectivity index (χ3v) is 4.15. The molecule has 0 atom stereocenters. The number of benzene rings is 1. The highest BCUT2D eigenvalue weighted by molar-refractivity contribution is 5.98. The van der Waals surface area contributed by atoms with E-state index in [1.807, 2.05) is 0 Å². The van der Waals surface area contributed by atoms with Crippen LogP contribution in [0.2, 0.25) is 0 Å². The van der Waals surface area contributed by atoms with Crippen LogP contribution < -0.4 is 10.6 Å². The van der Waals surface area contributed by atoms with Gasteiger partial charge in [-0.05, 0) is 61.2 Å². The highest BCUT2D eigenvalue weighted by Crippen LogP contribution is 2.37. The Hall–Kier alpha value is -3.16. The molecule has 28 heavy (non-hydrogen) atoms. The standard InChI is InChI=1S/C20H19F3N4O/c21-20(22,23)18(24)12-17(13-4-5-13)26-14-6-8-15(9-7-14)27-19(28)11-16-3-1-2-10-25-16/h1-3,6-10,12-13,24,26H,4-5,11H2,(H,27,28)/b17-12-,24-18?. The number of alkyl halides is 3. The predicted molar refractivity (Wildman–Crippen MR) is 101 cm³/mol. The van der Waals surface area contributed by atoms with Crippen LogP contribution >= 0.6 is 0 Å². The van der Waals surface area contributed by atoms with Crippen molar-refractivity contribution in [3.8, 4) is 0 Å². The van der Waals surface area contributed by atoms with Crippen molar-refractivity contribution in [2.75, 3.05) is 10.6 Å². The van der Waals surface area contributed by atoms with Crippen molar-refractivity contribution in [1.29, 1.82) is 5.41 Å². The summed E-state index contributed by atoms with van der Waals surface area (Å²) in [6.07, 6.45) is -0.456. The van der Waals surface area contributed by atoms with Crippen molar-refractivity contribution in [2.24, 2.45) is 5.92 Å². The van der Waals surface area contributed by atoms with E-state index >= 15 is 0 Å². The molecule has 1 heterocycles. The second-order valence-electron chi connectivity index (χ2n) is 6.53. The van der Waals surface area contributed by atoms with Gasteiger partial charge in [0.1, 0.15) is 5.71 Å². The molecule has 1 amide bonds. The van der Waals surface area contributed by atoms with Crippen LogP contribution in [0.1, 0.15) is 18.5 Å². The van der Waals surface area contributed by atoms with Crippen LogP contribution in [0.15, 0.2) is 60.4 Å². The summed E-state index contributed by atoms with van der Waals surface area (Å²) in [6, 6.07) is 12.0. The van der Waals surface area contributed by atoms with Crippen LogP contribution in [0.4, 0.5) is 24.5 Å². The molecule has 1 aliphatic rings. The van der Waals surface area contributed by atoms with Crippen LogP contribution in [0.25, 0.3) is 0 Å². The fraction of sp³-hybridized carbons (Fsp3) is 0.250. The van der Waals surface area contributed by atoms with Gasteiger partial charge in [-0.15, -0.1) is 0 Å². The monoisotopic (exact) mass is 388 g/mol. The molecular formula is C20H19F3N4O. The zero-order chi connectivity index (χ0) is 20.1. The molecule has 0 unspecified atom stereocenters. The minimum absolute atomic E-state index is 0.0143. The number of aromatic nitrogens is 1. The van der Waals surface area contributed by atoms with Gasteiger partial charge >= 0.3 is 6.18 Å². The Morgan fingerprint density at radius 3 is 2.29 bits per heavy atom. The highest BCUT2D eigenvalue weighted by atomic mass is 19.4. The predicted octanol–water partition coefficient (Wildman–Crippen LogP) is 4.55. The molecular weight excluding hydrogens is 369 g/mol. The lowest BCUT2D eigenvalue weighted by atomic mass is 10.2. The Morgan fingerprint density at radius 1 is 1.11 bits per heavy atom. The first-order valence-corrected chi connectivity index (χ1v) is 8.75. The lowest BCUT2D eigenvalue weighted by molar-refractivity contribution is -0.115. The number of anilines is 2. The third-order valence-electron chi connectivity index (χ3n) is 4.15. The maximum atomic E-state index is 12.6. The Kier molecular flexibility index (Phi) is 5.77. The van der Waals surface area contributed by atoms with Gasteiger partial charge in [0.25, 0.3) is 0 Å². The van der Waals surface area contributed by atoms with E-state index in [0.717, 1.165) is 18.9 Å². The van der Waals surface area contributed by atoms with Crippen LogP contribution in [-0.4, -0.2) is 22.8 Å². The molecule has 0 radical (unpaired) electrons. The van der Waals surface area contributed by atoms with Gasteiger partial charge in [-0.3, -0.25) is 15.2 Å². The number of hydrogen-bond donors (Lipinski definition) is 3. The van der Waals surface area contributed by atoms with Gasteiger partial charge in [-0.25, -0.2) is 0 Å². The number of nitrogens with one attached hydrogen (secondary N) is 3. The number of amides is 1. The zero-order valence-corrected chi connectivity index (χ0v) is 14.9. The van der Waals surface area contributed by atoms with Crippen molar-refractivity contribution in [2.45, 2.75) is 25.4 Å². The molecule has 146 valence electrons. The van der Waals surface area contributed by atoms with Crippen molar-refractivity contribution in [3.63, 3.8) is 0 Å². The number of pyridine rings is 1. The van der Waals surface area contributed by atoms with E-state index in [1.54, 1.807) is 48.7 Å². The van der Waals surface area contributed by atoms with E-state index in [-0.39, 0.29) is 18.2 Å². The fourth-order valence-electron chi connectivity index (χ4n) is 2.56. The smallest absolute Gasteiger partial charge is 0.359 e. The molecule has 1 aliphatic carbocycles. The quantitative estimate of drug-likeness (QED) is 0.609. The van der Waals surface area contributed by atoms with Crippen molar-refractivity contribution < 1.29 is 18.0 Å². The van der Waals surface area contributed by atoms with Crippen molar-refractivity contribution in [3.05, 3.63) is 66.1 Å². The van der Waals surface area contributed by atoms with Crippen LogP contribution in [-0.2, 0) is 11.2 Å². The summed E-state index contributed by atoms with van der Waals surface area (Å²) in [5.74, 6) is -0.197. The molecule has 0 aliphatic heterocycles. The zero-order valence-electron chi connectivity index (χ0n) is 14.9. The molecule has 0 bridgehead atoms. The number of rotatable bonds is 7. The average molecular weight is 388 g/mol. The van der Waals surface area contributed by atoms with Gasteiger partial charge in [-0.1, -0.05) is 6.07 Å². The molecule has 1 aromatic heterocycles. The van der Waals surface area contributed by atoms with Crippen LogP contribution in [0.3, 0.4) is 0 Å². The normalized spacial score (nSPS) is 14.5. The summed E-state index contributed by atoms with van der Waals surface area (Å²) in [5.41, 5.74) is 0.835. The Balaban J connectivity index is 1.61. The van der Waals surface area contributed by atoms with E-state index < -0.39 is 11.9 Å². The Morgan fingerprint density at radius 2 is 1.75 bits per heavy atom. The molecule has 1 aromatic carbocycles. The van der Waals surface area contributed by atoms with Crippen LogP contribution in [0.5, 0.6) is 0 Å². The van der Waals surface area contributed by atoms with Gasteiger partial charge < -0.3 is 10.6 Å². The summed E-state index contributed by atoms with van der Waals surface area (Å²) in [7, 11) is 0. The molecule has 8 heteroatoms. The number of nitrogens with zero attached hydrogens (tertiary/aromatic N) is 1. The molecule has 0 saturated heterocycles. The summed E-state index contributed by atoms with van der Waals surface area (Å²) < 4.78 is 37.9. The Bertz CT molecular complexity index is 873. The number of hydrogen-bond acceptors (Lipinski definition) is 4. The number of halogens is 3. The highest BCUT2D eigenvalue weighted by Gasteiger charge is 2.35. The number of carbonyl (C=O) groups is 1. The molecule has 0 spiro atoms. The SMILES string of the molecule is N=C(/C=C(\Nc1ccc(NC(=O)Cc2ccccn2)cc1)C1CC1)C(F)(F)F. The average Bonchev–Trinajstić information content (AvgIpc) is 3.48. The van der Waals surface area contributed by atoms with Gasteiger partial charge in [0.2, 0.25) is 5.91 Å². The minimum atomic E-state index is -4.66. The number of carbonyl (C=O) groups excluding carboxylic acids is 1. The molecule has 2 aromatic rings. The topological polar surface area (TPSA) is 77.9 Å². The van der Waals surface area contributed by atoms with Crippen LogP contribution in [0, 0.1) is 11.3 Å². The molecule has 3 N–H and O–H groups in total. The lowest BCUT2D eigenvalue weighted by Crippen LogP contribution is -2.21. The fourth-order valence-corrected chi connectivity index (χ4v) is 2.56. The van der Waals surface area contributed by atoms with Crippen molar-refractivity contribution in [1.82, 2.24) is 4.98 Å². The first kappa shape index (κ1) is 19.6. The molecule has 1 fully saturated rings. The summed E-state index contributed by atoms with van der Waals surface area (Å²) in [4.78, 5) is 16.1. The second-order valence-corrected chi connectivity index (χ2v) is 6.53. The first-order valence-electron chi connectivity index (χ1n) is 8.75. The summed E-state index contributed by atoms with van der Waals surface area (Å²) in [5, 5.41) is 12.9. The largest absolute Gasteiger partial charge is 0.432 e. The van der Waals surface area contributed by atoms with E-state index in [2.05, 4.69) is 15.6 Å². The van der Waals surface area contributed by atoms with E-state index in [4.69, 9.17) is 5.41 Å². The van der Waals surface area contributed by atoms with E-state index in [9.17, 15) is 18.0 Å². The third kappa shape index (κ3) is 5.67. The minimum Gasteiger partial charge on any atom is -0.359 e. The van der Waals surface area contributed by atoms with Gasteiger partial charge in [0, 0.05) is 29.0 Å². The second kappa shape index (κ2) is 8.24. The number of allylic oxidation sites excluding steroid dienone is 2.